The van der Waals surface area contributed by atoms with E-state index in [0.29, 0.717) is 0 Å². The van der Waals surface area contributed by atoms with Gasteiger partial charge in [-0.3, -0.25) is 0 Å². The number of hydrogen-bond acceptors (Lipinski definition) is 7. The average molecular weight is 406 g/mol. The molecule has 0 aliphatic heterocycles. The van der Waals surface area contributed by atoms with Gasteiger partial charge < -0.3 is 14.8 Å². The summed E-state index contributed by atoms with van der Waals surface area (Å²) in [4.78, 5) is 6.98. The number of fused-ring (bicyclic) bond motifs is 3. The largest absolute Gasteiger partial charge is 0.748 e. The first kappa shape index (κ1) is 21.9. The Labute approximate surface area is 166 Å². The molecule has 0 radical (unpaired) electrons. The van der Waals surface area contributed by atoms with E-state index in [0.717, 1.165) is 42.1 Å². The van der Waals surface area contributed by atoms with E-state index in [1.54, 1.807) is 0 Å². The molecule has 0 saturated heterocycles. The monoisotopic (exact) mass is 405 g/mol. The Morgan fingerprint density at radius 3 is 2.54 bits per heavy atom. The van der Waals surface area contributed by atoms with Crippen LogP contribution in [0.3, 0.4) is 0 Å². The molecule has 3 rings (SSSR count). The lowest BCUT2D eigenvalue weighted by atomic mass is 10.2. The van der Waals surface area contributed by atoms with Crippen molar-refractivity contribution in [1.29, 1.82) is 0 Å². The van der Waals surface area contributed by atoms with E-state index in [4.69, 9.17) is 4.98 Å². The van der Waals surface area contributed by atoms with Crippen LogP contribution in [0.2, 0.25) is 0 Å². The fourth-order valence-corrected chi connectivity index (χ4v) is 2.55. The summed E-state index contributed by atoms with van der Waals surface area (Å²) in [5.41, 5.74) is 1.80. The molecule has 2 heterocycles. The quantitative estimate of drug-likeness (QED) is 0.287. The van der Waals surface area contributed by atoms with Gasteiger partial charge in [0.15, 0.2) is 0 Å². The molecule has 3 aromatic rings. The minimum absolute atomic E-state index is 0.312. The summed E-state index contributed by atoms with van der Waals surface area (Å²) in [6.07, 6.45) is 3.04. The Kier molecular flexibility index (Phi) is 7.61. The second-order valence-electron chi connectivity index (χ2n) is 6.65. The van der Waals surface area contributed by atoms with Crippen LogP contribution in [0, 0.1) is 6.92 Å². The van der Waals surface area contributed by atoms with Crippen LogP contribution in [0.4, 0.5) is 5.82 Å². The third-order valence-corrected chi connectivity index (χ3v) is 4.77. The molecule has 0 saturated carbocycles. The van der Waals surface area contributed by atoms with Crippen LogP contribution < -0.4 is 9.83 Å². The molecule has 0 aliphatic carbocycles. The normalized spacial score (nSPS) is 11.5. The van der Waals surface area contributed by atoms with Crippen LogP contribution in [-0.4, -0.2) is 60.9 Å². The number of aryl methyl sites for hydroxylation is 1. The SMILES string of the molecule is CCS(=O)(=O)[O-].Cc1n[n+]2ccc3ccccc3c2nc1NCCCN(C)C. The lowest BCUT2D eigenvalue weighted by molar-refractivity contribution is -0.582. The maximum Gasteiger partial charge on any atom is 0.358 e. The smallest absolute Gasteiger partial charge is 0.358 e. The maximum atomic E-state index is 9.44. The molecule has 0 aliphatic rings. The Bertz CT molecular complexity index is 1040. The minimum Gasteiger partial charge on any atom is -0.748 e. The summed E-state index contributed by atoms with van der Waals surface area (Å²) in [5, 5.41) is 10.3. The van der Waals surface area contributed by atoms with Gasteiger partial charge in [0.1, 0.15) is 11.9 Å². The van der Waals surface area contributed by atoms with Crippen molar-refractivity contribution in [3.63, 3.8) is 0 Å². The highest BCUT2D eigenvalue weighted by molar-refractivity contribution is 7.85. The summed E-state index contributed by atoms with van der Waals surface area (Å²) in [7, 11) is 0.262. The number of nitrogens with zero attached hydrogens (tertiary/aromatic N) is 4. The van der Waals surface area contributed by atoms with Crippen molar-refractivity contribution in [3.8, 4) is 0 Å². The Morgan fingerprint density at radius 1 is 1.21 bits per heavy atom. The Morgan fingerprint density at radius 2 is 1.89 bits per heavy atom. The summed E-state index contributed by atoms with van der Waals surface area (Å²) in [6.45, 7) is 5.25. The molecule has 1 aromatic carbocycles. The second kappa shape index (κ2) is 9.72. The predicted octanol–water partition coefficient (Wildman–Crippen LogP) is 1.59. The number of aromatic nitrogens is 3. The second-order valence-corrected chi connectivity index (χ2v) is 8.34. The van der Waals surface area contributed by atoms with Crippen LogP contribution in [-0.2, 0) is 10.1 Å². The van der Waals surface area contributed by atoms with E-state index < -0.39 is 10.1 Å². The Hall–Kier alpha value is -2.36. The van der Waals surface area contributed by atoms with Gasteiger partial charge in [-0.05, 0) is 56.5 Å². The summed E-state index contributed by atoms with van der Waals surface area (Å²) >= 11 is 0. The highest BCUT2D eigenvalue weighted by Gasteiger charge is 2.16. The first-order chi connectivity index (χ1) is 13.2. The maximum absolute atomic E-state index is 9.44. The van der Waals surface area contributed by atoms with Crippen molar-refractivity contribution in [2.75, 3.05) is 38.3 Å². The molecule has 8 nitrogen and oxygen atoms in total. The number of rotatable bonds is 6. The van der Waals surface area contributed by atoms with Gasteiger partial charge >= 0.3 is 5.65 Å². The minimum atomic E-state index is -3.91. The number of benzene rings is 1. The van der Waals surface area contributed by atoms with E-state index in [-0.39, 0.29) is 5.75 Å². The lowest BCUT2D eigenvalue weighted by Crippen LogP contribution is -2.29. The Balaban J connectivity index is 0.000000409. The first-order valence-electron chi connectivity index (χ1n) is 9.11. The van der Waals surface area contributed by atoms with Crippen LogP contribution >= 0.6 is 0 Å². The molecule has 0 fully saturated rings. The van der Waals surface area contributed by atoms with Crippen LogP contribution in [0.25, 0.3) is 16.4 Å². The molecule has 0 atom stereocenters. The van der Waals surface area contributed by atoms with Gasteiger partial charge in [-0.2, -0.15) is 0 Å². The van der Waals surface area contributed by atoms with Crippen molar-refractivity contribution in [2.24, 2.45) is 0 Å². The predicted molar refractivity (Wildman–Crippen MR) is 109 cm³/mol. The topological polar surface area (TPSA) is 102 Å². The van der Waals surface area contributed by atoms with Crippen molar-refractivity contribution in [3.05, 3.63) is 42.2 Å². The highest BCUT2D eigenvalue weighted by Crippen LogP contribution is 2.17. The standard InChI is InChI=1S/C17H21N5.C2H6O3S/c1-13-16(18-10-6-11-21(2)3)19-17-15-8-5-4-7-14(15)9-12-22(17)20-13;1-2-6(3,4)5/h4-5,7-9,12H,6,10-11H2,1-3H3;2H2,1H3,(H,3,4,5). The number of pyridine rings is 1. The molecule has 28 heavy (non-hydrogen) atoms. The van der Waals surface area contributed by atoms with Crippen LogP contribution in [0.5, 0.6) is 0 Å². The third-order valence-electron chi connectivity index (χ3n) is 4.06. The highest BCUT2D eigenvalue weighted by atomic mass is 32.2. The molecule has 9 heteroatoms. The van der Waals surface area contributed by atoms with Crippen molar-refractivity contribution < 1.29 is 17.5 Å². The van der Waals surface area contributed by atoms with E-state index >= 15 is 0 Å². The van der Waals surface area contributed by atoms with Gasteiger partial charge in [0.2, 0.25) is 0 Å². The number of hydrogen-bond donors (Lipinski definition) is 1. The van der Waals surface area contributed by atoms with Gasteiger partial charge in [0, 0.05) is 12.3 Å². The molecule has 0 spiro atoms. The fraction of sp³-hybridized carbons (Fsp3) is 0.421. The fourth-order valence-electron chi connectivity index (χ4n) is 2.55. The van der Waals surface area contributed by atoms with E-state index in [1.165, 1.54) is 12.3 Å². The zero-order valence-electron chi connectivity index (χ0n) is 16.7. The molecule has 1 N–H and O–H groups in total. The van der Waals surface area contributed by atoms with Gasteiger partial charge in [0.05, 0.1) is 15.5 Å². The van der Waals surface area contributed by atoms with E-state index in [2.05, 4.69) is 47.6 Å². The van der Waals surface area contributed by atoms with Gasteiger partial charge in [-0.15, -0.1) is 4.52 Å². The van der Waals surface area contributed by atoms with Crippen LogP contribution in [0.1, 0.15) is 19.0 Å². The number of nitrogens with one attached hydrogen (secondary N) is 1. The first-order valence-corrected chi connectivity index (χ1v) is 10.7. The molecular weight excluding hydrogens is 378 g/mol. The number of anilines is 1. The van der Waals surface area contributed by atoms with Crippen LogP contribution in [0.15, 0.2) is 36.5 Å². The summed E-state index contributed by atoms with van der Waals surface area (Å²) in [5.74, 6) is 0.558. The van der Waals surface area contributed by atoms with Gasteiger partial charge in [0.25, 0.3) is 5.82 Å². The molecular formula is C19H27N5O3S. The summed E-state index contributed by atoms with van der Waals surface area (Å²) < 4.78 is 30.2. The van der Waals surface area contributed by atoms with Crippen molar-refractivity contribution >= 4 is 32.4 Å². The van der Waals surface area contributed by atoms with E-state index in [1.807, 2.05) is 29.8 Å². The zero-order valence-corrected chi connectivity index (χ0v) is 17.5. The van der Waals surface area contributed by atoms with Crippen molar-refractivity contribution in [1.82, 2.24) is 15.0 Å². The molecule has 0 unspecified atom stereocenters. The third kappa shape index (κ3) is 6.36. The molecule has 2 aromatic heterocycles. The summed E-state index contributed by atoms with van der Waals surface area (Å²) in [6, 6.07) is 10.3. The molecule has 0 bridgehead atoms. The van der Waals surface area contributed by atoms with Gasteiger partial charge in [-0.25, -0.2) is 8.42 Å². The average Bonchev–Trinajstić information content (AvgIpc) is 2.65. The van der Waals surface area contributed by atoms with Gasteiger partial charge in [-0.1, -0.05) is 30.2 Å². The lowest BCUT2D eigenvalue weighted by Gasteiger charge is -2.09. The molecule has 152 valence electrons. The zero-order chi connectivity index (χ0) is 20.7. The van der Waals surface area contributed by atoms with E-state index in [9.17, 15) is 13.0 Å². The van der Waals surface area contributed by atoms with Crippen molar-refractivity contribution in [2.45, 2.75) is 20.3 Å². The molecule has 0 amide bonds.